The molecule has 15 heavy (non-hydrogen) atoms. The third-order valence-electron chi connectivity index (χ3n) is 1.69. The predicted molar refractivity (Wildman–Crippen MR) is 54.1 cm³/mol. The van der Waals surface area contributed by atoms with E-state index in [1.807, 2.05) is 0 Å². The maximum atomic E-state index is 10.8. The molecule has 0 aliphatic carbocycles. The fourth-order valence-corrected chi connectivity index (χ4v) is 0.974. The number of nitro benzene ring substituents is 1. The van der Waals surface area contributed by atoms with E-state index in [4.69, 9.17) is 0 Å². The smallest absolute Gasteiger partial charge is 0.330 e. The van der Waals surface area contributed by atoms with E-state index in [9.17, 15) is 14.9 Å². The van der Waals surface area contributed by atoms with Crippen LogP contribution in [0.5, 0.6) is 0 Å². The highest BCUT2D eigenvalue weighted by molar-refractivity contribution is 5.87. The van der Waals surface area contributed by atoms with Crippen molar-refractivity contribution in [3.63, 3.8) is 0 Å². The van der Waals surface area contributed by atoms with Gasteiger partial charge in [-0.3, -0.25) is 10.1 Å². The Morgan fingerprint density at radius 1 is 1.53 bits per heavy atom. The largest absolute Gasteiger partial charge is 0.466 e. The van der Waals surface area contributed by atoms with Crippen molar-refractivity contribution < 1.29 is 14.5 Å². The molecule has 1 rings (SSSR count). The highest BCUT2D eigenvalue weighted by Gasteiger charge is 2.03. The first-order valence-corrected chi connectivity index (χ1v) is 4.14. The molecular weight excluding hydrogens is 198 g/mol. The van der Waals surface area contributed by atoms with E-state index in [1.54, 1.807) is 12.1 Å². The molecule has 0 atom stereocenters. The van der Waals surface area contributed by atoms with Gasteiger partial charge in [-0.1, -0.05) is 12.1 Å². The molecule has 1 aromatic rings. The van der Waals surface area contributed by atoms with Crippen LogP contribution in [-0.4, -0.2) is 18.0 Å². The number of hydrogen-bond acceptors (Lipinski definition) is 4. The molecule has 0 bridgehead atoms. The molecule has 0 aliphatic rings. The lowest BCUT2D eigenvalue weighted by Crippen LogP contribution is -1.93. The molecule has 0 heterocycles. The quantitative estimate of drug-likeness (QED) is 0.328. The van der Waals surface area contributed by atoms with Crippen molar-refractivity contribution in [1.29, 1.82) is 0 Å². The summed E-state index contributed by atoms with van der Waals surface area (Å²) in [5.41, 5.74) is 0.566. The molecule has 0 N–H and O–H groups in total. The van der Waals surface area contributed by atoms with Crippen molar-refractivity contribution in [3.05, 3.63) is 46.0 Å². The van der Waals surface area contributed by atoms with Gasteiger partial charge in [-0.15, -0.1) is 0 Å². The van der Waals surface area contributed by atoms with Crippen LogP contribution >= 0.6 is 0 Å². The average Bonchev–Trinajstić information content (AvgIpc) is 2.26. The van der Waals surface area contributed by atoms with E-state index in [0.717, 1.165) is 0 Å². The number of benzene rings is 1. The first kappa shape index (κ1) is 10.9. The maximum Gasteiger partial charge on any atom is 0.330 e. The van der Waals surface area contributed by atoms with E-state index >= 15 is 0 Å². The third-order valence-corrected chi connectivity index (χ3v) is 1.69. The Labute approximate surface area is 86.1 Å². The van der Waals surface area contributed by atoms with Crippen LogP contribution in [0.3, 0.4) is 0 Å². The standard InChI is InChI=1S/C10H9NO4/c1-15-10(12)6-5-8-3-2-4-9(7-8)11(13)14/h2-7H,1H3/b6-5-. The lowest BCUT2D eigenvalue weighted by Gasteiger charge is -1.94. The molecule has 0 saturated heterocycles. The summed E-state index contributed by atoms with van der Waals surface area (Å²) in [5, 5.41) is 10.4. The number of ether oxygens (including phenoxy) is 1. The number of rotatable bonds is 3. The monoisotopic (exact) mass is 207 g/mol. The highest BCUT2D eigenvalue weighted by atomic mass is 16.6. The predicted octanol–water partition coefficient (Wildman–Crippen LogP) is 1.78. The van der Waals surface area contributed by atoms with Crippen molar-refractivity contribution in [2.24, 2.45) is 0 Å². The molecule has 0 fully saturated rings. The van der Waals surface area contributed by atoms with Crippen LogP contribution in [0.4, 0.5) is 5.69 Å². The van der Waals surface area contributed by atoms with Gasteiger partial charge in [0.2, 0.25) is 0 Å². The average molecular weight is 207 g/mol. The molecule has 78 valence electrons. The van der Waals surface area contributed by atoms with Crippen LogP contribution in [0.1, 0.15) is 5.56 Å². The van der Waals surface area contributed by atoms with Crippen molar-refractivity contribution in [2.75, 3.05) is 7.11 Å². The Morgan fingerprint density at radius 2 is 2.27 bits per heavy atom. The summed E-state index contributed by atoms with van der Waals surface area (Å²) in [4.78, 5) is 20.7. The van der Waals surface area contributed by atoms with Gasteiger partial charge in [-0.2, -0.15) is 0 Å². The topological polar surface area (TPSA) is 69.4 Å². The second kappa shape index (κ2) is 4.90. The second-order valence-corrected chi connectivity index (χ2v) is 2.71. The van der Waals surface area contributed by atoms with Crippen LogP contribution in [0.15, 0.2) is 30.3 Å². The molecule has 0 aliphatic heterocycles. The van der Waals surface area contributed by atoms with Crippen molar-refractivity contribution in [2.45, 2.75) is 0 Å². The van der Waals surface area contributed by atoms with Crippen LogP contribution in [0.2, 0.25) is 0 Å². The number of methoxy groups -OCH3 is 1. The van der Waals surface area contributed by atoms with Gasteiger partial charge in [0.15, 0.2) is 0 Å². The summed E-state index contributed by atoms with van der Waals surface area (Å²) < 4.78 is 4.39. The summed E-state index contributed by atoms with van der Waals surface area (Å²) >= 11 is 0. The molecule has 0 unspecified atom stereocenters. The molecule has 0 aromatic heterocycles. The van der Waals surface area contributed by atoms with Crippen LogP contribution in [-0.2, 0) is 9.53 Å². The fraction of sp³-hybridized carbons (Fsp3) is 0.100. The molecule has 0 saturated carbocycles. The first-order chi connectivity index (χ1) is 7.13. The Bertz CT molecular complexity index is 412. The number of nitrogens with zero attached hydrogens (tertiary/aromatic N) is 1. The number of hydrogen-bond donors (Lipinski definition) is 0. The Balaban J connectivity index is 2.87. The highest BCUT2D eigenvalue weighted by Crippen LogP contribution is 2.13. The Morgan fingerprint density at radius 3 is 2.87 bits per heavy atom. The maximum absolute atomic E-state index is 10.8. The fourth-order valence-electron chi connectivity index (χ4n) is 0.974. The van der Waals surface area contributed by atoms with Gasteiger partial charge in [-0.05, 0) is 11.6 Å². The number of non-ortho nitro benzene ring substituents is 1. The molecular formula is C10H9NO4. The number of carbonyl (C=O) groups excluding carboxylic acids is 1. The lowest BCUT2D eigenvalue weighted by atomic mass is 10.2. The minimum atomic E-state index is -0.499. The van der Waals surface area contributed by atoms with Gasteiger partial charge in [0, 0.05) is 18.2 Å². The van der Waals surface area contributed by atoms with E-state index in [0.29, 0.717) is 5.56 Å². The zero-order valence-corrected chi connectivity index (χ0v) is 8.04. The van der Waals surface area contributed by atoms with E-state index in [1.165, 1.54) is 31.4 Å². The zero-order chi connectivity index (χ0) is 11.3. The molecule has 1 aromatic carbocycles. The summed E-state index contributed by atoms with van der Waals surface area (Å²) in [7, 11) is 1.26. The minimum absolute atomic E-state index is 0.0120. The lowest BCUT2D eigenvalue weighted by molar-refractivity contribution is -0.384. The minimum Gasteiger partial charge on any atom is -0.466 e. The van der Waals surface area contributed by atoms with E-state index < -0.39 is 10.9 Å². The molecule has 0 spiro atoms. The van der Waals surface area contributed by atoms with Gasteiger partial charge in [0.05, 0.1) is 12.0 Å². The van der Waals surface area contributed by atoms with Crippen molar-refractivity contribution in [1.82, 2.24) is 0 Å². The number of carbonyl (C=O) groups is 1. The molecule has 0 radical (unpaired) electrons. The Hall–Kier alpha value is -2.17. The normalized spacial score (nSPS) is 10.2. The number of nitro groups is 1. The van der Waals surface area contributed by atoms with Crippen LogP contribution in [0, 0.1) is 10.1 Å². The summed E-state index contributed by atoms with van der Waals surface area (Å²) in [6.07, 6.45) is 2.66. The molecule has 5 nitrogen and oxygen atoms in total. The van der Waals surface area contributed by atoms with Crippen molar-refractivity contribution in [3.8, 4) is 0 Å². The Kier molecular flexibility index (Phi) is 3.56. The van der Waals surface area contributed by atoms with E-state index in [2.05, 4.69) is 4.74 Å². The van der Waals surface area contributed by atoms with Crippen LogP contribution < -0.4 is 0 Å². The van der Waals surface area contributed by atoms with Gasteiger partial charge >= 0.3 is 5.97 Å². The van der Waals surface area contributed by atoms with Gasteiger partial charge in [0.1, 0.15) is 0 Å². The molecule has 5 heteroatoms. The van der Waals surface area contributed by atoms with Gasteiger partial charge in [0.25, 0.3) is 5.69 Å². The number of esters is 1. The van der Waals surface area contributed by atoms with Crippen LogP contribution in [0.25, 0.3) is 6.08 Å². The zero-order valence-electron chi connectivity index (χ0n) is 8.04. The first-order valence-electron chi connectivity index (χ1n) is 4.14. The van der Waals surface area contributed by atoms with Gasteiger partial charge in [-0.25, -0.2) is 4.79 Å². The van der Waals surface area contributed by atoms with Gasteiger partial charge < -0.3 is 4.74 Å². The molecule has 0 amide bonds. The van der Waals surface area contributed by atoms with E-state index in [-0.39, 0.29) is 5.69 Å². The van der Waals surface area contributed by atoms with Crippen molar-refractivity contribution >= 4 is 17.7 Å². The second-order valence-electron chi connectivity index (χ2n) is 2.71. The summed E-state index contributed by atoms with van der Waals surface area (Å²) in [5.74, 6) is -0.499. The summed E-state index contributed by atoms with van der Waals surface area (Å²) in [6, 6.07) is 5.97. The summed E-state index contributed by atoms with van der Waals surface area (Å²) in [6.45, 7) is 0. The third kappa shape index (κ3) is 3.22. The SMILES string of the molecule is COC(=O)/C=C\c1cccc([N+](=O)[O-])c1.